The third-order valence-electron chi connectivity index (χ3n) is 2.62. The lowest BCUT2D eigenvalue weighted by molar-refractivity contribution is 0.397. The van der Waals surface area contributed by atoms with E-state index in [2.05, 4.69) is 27.5 Å². The molecule has 0 aliphatic rings. The van der Waals surface area contributed by atoms with Gasteiger partial charge >= 0.3 is 0 Å². The molecule has 0 fully saturated rings. The smallest absolute Gasteiger partial charge is 0.212 e. The van der Waals surface area contributed by atoms with E-state index in [0.29, 0.717) is 12.4 Å². The van der Waals surface area contributed by atoms with Crippen molar-refractivity contribution in [2.24, 2.45) is 0 Å². The van der Waals surface area contributed by atoms with E-state index in [-0.39, 0.29) is 0 Å². The molecule has 100 valence electrons. The highest BCUT2D eigenvalue weighted by molar-refractivity contribution is 5.54. The van der Waals surface area contributed by atoms with Crippen LogP contribution in [-0.2, 0) is 6.54 Å². The van der Waals surface area contributed by atoms with E-state index in [1.807, 2.05) is 24.4 Å². The zero-order valence-corrected chi connectivity index (χ0v) is 11.2. The summed E-state index contributed by atoms with van der Waals surface area (Å²) in [5.41, 5.74) is 3.09. The van der Waals surface area contributed by atoms with Crippen LogP contribution in [0.25, 0.3) is 0 Å². The highest BCUT2D eigenvalue weighted by Gasteiger charge is 1.98. The molecule has 0 atom stereocenters. The summed E-state index contributed by atoms with van der Waals surface area (Å²) in [4.78, 5) is 8.35. The van der Waals surface area contributed by atoms with Crippen LogP contribution in [0.4, 0.5) is 11.4 Å². The standard InChI is InChI=1S/C14H18N4O/c1-3-16-12-6-13(10-15-9-12)17-7-11-4-5-14(19-2)18-8-11/h4-6,8-10,16-17H,3,7H2,1-2H3. The predicted octanol–water partition coefficient (Wildman–Crippen LogP) is 2.53. The van der Waals surface area contributed by atoms with Gasteiger partial charge in [-0.25, -0.2) is 4.98 Å². The van der Waals surface area contributed by atoms with E-state index in [4.69, 9.17) is 4.74 Å². The van der Waals surface area contributed by atoms with Crippen molar-refractivity contribution in [1.29, 1.82) is 0 Å². The van der Waals surface area contributed by atoms with E-state index in [1.165, 1.54) is 0 Å². The number of anilines is 2. The van der Waals surface area contributed by atoms with E-state index < -0.39 is 0 Å². The molecule has 5 heteroatoms. The molecule has 0 aromatic carbocycles. The number of ether oxygens (including phenoxy) is 1. The Morgan fingerprint density at radius 2 is 1.89 bits per heavy atom. The van der Waals surface area contributed by atoms with Crippen molar-refractivity contribution in [1.82, 2.24) is 9.97 Å². The van der Waals surface area contributed by atoms with E-state index in [9.17, 15) is 0 Å². The van der Waals surface area contributed by atoms with Gasteiger partial charge in [-0.1, -0.05) is 6.07 Å². The van der Waals surface area contributed by atoms with Crippen molar-refractivity contribution < 1.29 is 4.74 Å². The Hall–Kier alpha value is -2.30. The number of nitrogens with zero attached hydrogens (tertiary/aromatic N) is 2. The highest BCUT2D eigenvalue weighted by Crippen LogP contribution is 2.14. The molecule has 0 aliphatic heterocycles. The molecule has 19 heavy (non-hydrogen) atoms. The number of methoxy groups -OCH3 is 1. The molecule has 2 aromatic heterocycles. The summed E-state index contributed by atoms with van der Waals surface area (Å²) in [6, 6.07) is 5.87. The topological polar surface area (TPSA) is 59.1 Å². The van der Waals surface area contributed by atoms with Gasteiger partial charge in [0.05, 0.1) is 30.9 Å². The molecule has 2 rings (SSSR count). The Morgan fingerprint density at radius 1 is 1.11 bits per heavy atom. The fourth-order valence-corrected chi connectivity index (χ4v) is 1.68. The first-order valence-electron chi connectivity index (χ1n) is 6.23. The van der Waals surface area contributed by atoms with Crippen LogP contribution in [0.5, 0.6) is 5.88 Å². The Bertz CT molecular complexity index is 513. The van der Waals surface area contributed by atoms with Crippen molar-refractivity contribution in [3.05, 3.63) is 42.4 Å². The van der Waals surface area contributed by atoms with Gasteiger partial charge in [0.25, 0.3) is 0 Å². The molecule has 0 unspecified atom stereocenters. The lowest BCUT2D eigenvalue weighted by Crippen LogP contribution is -2.02. The molecule has 0 saturated carbocycles. The van der Waals surface area contributed by atoms with Crippen LogP contribution in [0.2, 0.25) is 0 Å². The number of nitrogens with one attached hydrogen (secondary N) is 2. The van der Waals surface area contributed by atoms with Crippen LogP contribution in [0.3, 0.4) is 0 Å². The fourth-order valence-electron chi connectivity index (χ4n) is 1.68. The molecule has 2 N–H and O–H groups in total. The van der Waals surface area contributed by atoms with E-state index in [1.54, 1.807) is 19.5 Å². The summed E-state index contributed by atoms with van der Waals surface area (Å²) in [5, 5.41) is 6.54. The second-order valence-corrected chi connectivity index (χ2v) is 4.05. The number of pyridine rings is 2. The molecular formula is C14H18N4O. The van der Waals surface area contributed by atoms with Gasteiger partial charge < -0.3 is 15.4 Å². The normalized spacial score (nSPS) is 10.0. The van der Waals surface area contributed by atoms with Gasteiger partial charge in [0, 0.05) is 25.4 Å². The van der Waals surface area contributed by atoms with Gasteiger partial charge in [-0.05, 0) is 18.6 Å². The van der Waals surface area contributed by atoms with Gasteiger partial charge in [-0.3, -0.25) is 4.98 Å². The number of rotatable bonds is 6. The summed E-state index contributed by atoms with van der Waals surface area (Å²) in [6.07, 6.45) is 5.41. The molecule has 0 spiro atoms. The van der Waals surface area contributed by atoms with Crippen molar-refractivity contribution in [2.45, 2.75) is 13.5 Å². The quantitative estimate of drug-likeness (QED) is 0.833. The minimum Gasteiger partial charge on any atom is -0.481 e. The Morgan fingerprint density at radius 3 is 2.53 bits per heavy atom. The maximum Gasteiger partial charge on any atom is 0.212 e. The van der Waals surface area contributed by atoms with Crippen LogP contribution in [-0.4, -0.2) is 23.6 Å². The minimum atomic E-state index is 0.625. The van der Waals surface area contributed by atoms with Gasteiger partial charge in [0.2, 0.25) is 5.88 Å². The van der Waals surface area contributed by atoms with Crippen molar-refractivity contribution in [3.8, 4) is 5.88 Å². The van der Waals surface area contributed by atoms with Crippen LogP contribution in [0, 0.1) is 0 Å². The molecular weight excluding hydrogens is 240 g/mol. The summed E-state index contributed by atoms with van der Waals surface area (Å²) in [5.74, 6) is 0.625. The van der Waals surface area contributed by atoms with Crippen LogP contribution in [0.1, 0.15) is 12.5 Å². The van der Waals surface area contributed by atoms with Crippen LogP contribution < -0.4 is 15.4 Å². The monoisotopic (exact) mass is 258 g/mol. The van der Waals surface area contributed by atoms with Crippen molar-refractivity contribution in [3.63, 3.8) is 0 Å². The van der Waals surface area contributed by atoms with Crippen molar-refractivity contribution >= 4 is 11.4 Å². The molecule has 0 aliphatic carbocycles. The minimum absolute atomic E-state index is 0.625. The summed E-state index contributed by atoms with van der Waals surface area (Å²) >= 11 is 0. The van der Waals surface area contributed by atoms with E-state index >= 15 is 0 Å². The van der Waals surface area contributed by atoms with Gasteiger partial charge in [0.15, 0.2) is 0 Å². The lowest BCUT2D eigenvalue weighted by atomic mass is 10.2. The average molecular weight is 258 g/mol. The maximum absolute atomic E-state index is 5.02. The molecule has 5 nitrogen and oxygen atoms in total. The SMILES string of the molecule is CCNc1cncc(NCc2ccc(OC)nc2)c1. The molecule has 2 aromatic rings. The second kappa shape index (κ2) is 6.58. The highest BCUT2D eigenvalue weighted by atomic mass is 16.5. The maximum atomic E-state index is 5.02. The first-order chi connectivity index (χ1) is 9.31. The van der Waals surface area contributed by atoms with Crippen molar-refractivity contribution in [2.75, 3.05) is 24.3 Å². The zero-order valence-electron chi connectivity index (χ0n) is 11.2. The third kappa shape index (κ3) is 3.84. The molecule has 0 bridgehead atoms. The summed E-state index contributed by atoms with van der Waals surface area (Å²) < 4.78 is 5.02. The van der Waals surface area contributed by atoms with Gasteiger partial charge in [-0.15, -0.1) is 0 Å². The largest absolute Gasteiger partial charge is 0.481 e. The van der Waals surface area contributed by atoms with Gasteiger partial charge in [0.1, 0.15) is 0 Å². The lowest BCUT2D eigenvalue weighted by Gasteiger charge is -2.08. The second-order valence-electron chi connectivity index (χ2n) is 4.05. The third-order valence-corrected chi connectivity index (χ3v) is 2.62. The number of hydrogen-bond donors (Lipinski definition) is 2. The fraction of sp³-hybridized carbons (Fsp3) is 0.286. The summed E-state index contributed by atoms with van der Waals surface area (Å²) in [6.45, 7) is 3.64. The van der Waals surface area contributed by atoms with Crippen LogP contribution in [0.15, 0.2) is 36.8 Å². The zero-order chi connectivity index (χ0) is 13.5. The molecule has 0 amide bonds. The van der Waals surface area contributed by atoms with E-state index in [0.717, 1.165) is 23.5 Å². The predicted molar refractivity (Wildman–Crippen MR) is 76.5 cm³/mol. The van der Waals surface area contributed by atoms with Gasteiger partial charge in [-0.2, -0.15) is 0 Å². The Labute approximate surface area is 113 Å². The average Bonchev–Trinajstić information content (AvgIpc) is 2.46. The Balaban J connectivity index is 1.95. The molecule has 0 radical (unpaired) electrons. The Kier molecular flexibility index (Phi) is 4.55. The summed E-state index contributed by atoms with van der Waals surface area (Å²) in [7, 11) is 1.61. The number of hydrogen-bond acceptors (Lipinski definition) is 5. The number of aromatic nitrogens is 2. The first-order valence-corrected chi connectivity index (χ1v) is 6.23. The molecule has 2 heterocycles. The molecule has 0 saturated heterocycles. The van der Waals surface area contributed by atoms with Crippen LogP contribution >= 0.6 is 0 Å². The first kappa shape index (κ1) is 13.1.